The average Bonchev–Trinajstić information content (AvgIpc) is 2.97. The maximum atomic E-state index is 5.53. The standard InChI is InChI=1S/C18H22N2O/c1-2-21-17-8-3-5-14(11-17)12-19-13-16-7-4-6-15-9-10-20-18(15)16/h3-8,11,19-20H,2,9-10,12-13H2,1H3. The van der Waals surface area contributed by atoms with Gasteiger partial charge in [-0.25, -0.2) is 0 Å². The monoisotopic (exact) mass is 282 g/mol. The Morgan fingerprint density at radius 3 is 2.95 bits per heavy atom. The van der Waals surface area contributed by atoms with Crippen LogP contribution < -0.4 is 15.4 Å². The zero-order valence-electron chi connectivity index (χ0n) is 12.5. The van der Waals surface area contributed by atoms with E-state index in [9.17, 15) is 0 Å². The maximum absolute atomic E-state index is 5.53. The molecule has 0 aromatic heterocycles. The molecule has 0 saturated heterocycles. The van der Waals surface area contributed by atoms with Gasteiger partial charge in [0.1, 0.15) is 5.75 Å². The molecule has 0 aliphatic carbocycles. The normalized spacial score (nSPS) is 12.8. The SMILES string of the molecule is CCOc1cccc(CNCc2cccc3c2NCC3)c1. The quantitative estimate of drug-likeness (QED) is 0.852. The van der Waals surface area contributed by atoms with Crippen molar-refractivity contribution in [1.82, 2.24) is 5.32 Å². The molecule has 0 atom stereocenters. The fourth-order valence-electron chi connectivity index (χ4n) is 2.81. The molecule has 1 heterocycles. The number of fused-ring (bicyclic) bond motifs is 1. The second kappa shape index (κ2) is 6.64. The fraction of sp³-hybridized carbons (Fsp3) is 0.333. The molecule has 2 aromatic rings. The van der Waals surface area contributed by atoms with Gasteiger partial charge in [-0.15, -0.1) is 0 Å². The molecule has 0 bridgehead atoms. The topological polar surface area (TPSA) is 33.3 Å². The lowest BCUT2D eigenvalue weighted by atomic mass is 10.1. The molecule has 3 rings (SSSR count). The summed E-state index contributed by atoms with van der Waals surface area (Å²) in [5.74, 6) is 0.944. The van der Waals surface area contributed by atoms with Gasteiger partial charge >= 0.3 is 0 Å². The van der Waals surface area contributed by atoms with Gasteiger partial charge in [0, 0.05) is 25.3 Å². The minimum atomic E-state index is 0.707. The van der Waals surface area contributed by atoms with Gasteiger partial charge < -0.3 is 15.4 Å². The van der Waals surface area contributed by atoms with Crippen molar-refractivity contribution in [2.45, 2.75) is 26.4 Å². The Hall–Kier alpha value is -2.00. The number of hydrogen-bond acceptors (Lipinski definition) is 3. The van der Waals surface area contributed by atoms with Gasteiger partial charge in [-0.05, 0) is 42.2 Å². The van der Waals surface area contributed by atoms with E-state index in [2.05, 4.69) is 41.0 Å². The number of ether oxygens (including phenoxy) is 1. The number of rotatable bonds is 6. The van der Waals surface area contributed by atoms with Crippen molar-refractivity contribution < 1.29 is 4.74 Å². The summed E-state index contributed by atoms with van der Waals surface area (Å²) in [6, 6.07) is 14.8. The van der Waals surface area contributed by atoms with Gasteiger partial charge in [0.25, 0.3) is 0 Å². The van der Waals surface area contributed by atoms with Crippen LogP contribution in [-0.4, -0.2) is 13.2 Å². The lowest BCUT2D eigenvalue weighted by Crippen LogP contribution is -2.13. The Bertz CT molecular complexity index is 610. The van der Waals surface area contributed by atoms with Gasteiger partial charge in [0.15, 0.2) is 0 Å². The number of hydrogen-bond donors (Lipinski definition) is 2. The van der Waals surface area contributed by atoms with Gasteiger partial charge in [0.2, 0.25) is 0 Å². The number of nitrogens with one attached hydrogen (secondary N) is 2. The molecule has 0 spiro atoms. The smallest absolute Gasteiger partial charge is 0.119 e. The van der Waals surface area contributed by atoms with Crippen LogP contribution in [0.15, 0.2) is 42.5 Å². The molecular weight excluding hydrogens is 260 g/mol. The van der Waals surface area contributed by atoms with E-state index in [0.717, 1.165) is 31.8 Å². The molecule has 2 N–H and O–H groups in total. The second-order valence-electron chi connectivity index (χ2n) is 5.31. The van der Waals surface area contributed by atoms with E-state index < -0.39 is 0 Å². The van der Waals surface area contributed by atoms with Crippen LogP contribution in [0.25, 0.3) is 0 Å². The zero-order chi connectivity index (χ0) is 14.5. The third-order valence-electron chi connectivity index (χ3n) is 3.79. The van der Waals surface area contributed by atoms with Crippen LogP contribution in [0.2, 0.25) is 0 Å². The maximum Gasteiger partial charge on any atom is 0.119 e. The summed E-state index contributed by atoms with van der Waals surface area (Å²) in [5.41, 5.74) is 5.37. The van der Waals surface area contributed by atoms with Gasteiger partial charge in [0.05, 0.1) is 6.61 Å². The minimum Gasteiger partial charge on any atom is -0.494 e. The van der Waals surface area contributed by atoms with Crippen molar-refractivity contribution in [3.05, 3.63) is 59.2 Å². The van der Waals surface area contributed by atoms with Crippen LogP contribution >= 0.6 is 0 Å². The summed E-state index contributed by atoms with van der Waals surface area (Å²) in [5, 5.41) is 7.00. The van der Waals surface area contributed by atoms with Crippen molar-refractivity contribution in [2.75, 3.05) is 18.5 Å². The van der Waals surface area contributed by atoms with Crippen LogP contribution in [-0.2, 0) is 19.5 Å². The highest BCUT2D eigenvalue weighted by Crippen LogP contribution is 2.26. The Kier molecular flexibility index (Phi) is 4.41. The van der Waals surface area contributed by atoms with E-state index in [4.69, 9.17) is 4.74 Å². The van der Waals surface area contributed by atoms with Gasteiger partial charge in [-0.2, -0.15) is 0 Å². The Morgan fingerprint density at radius 1 is 1.14 bits per heavy atom. The predicted octanol–water partition coefficient (Wildman–Crippen LogP) is 3.34. The van der Waals surface area contributed by atoms with E-state index in [1.807, 2.05) is 19.1 Å². The molecule has 0 radical (unpaired) electrons. The molecule has 0 amide bonds. The van der Waals surface area contributed by atoms with Crippen molar-refractivity contribution in [3.63, 3.8) is 0 Å². The Balaban J connectivity index is 1.59. The summed E-state index contributed by atoms with van der Waals surface area (Å²) < 4.78 is 5.53. The predicted molar refractivity (Wildman–Crippen MR) is 86.8 cm³/mol. The minimum absolute atomic E-state index is 0.707. The van der Waals surface area contributed by atoms with Gasteiger partial charge in [-0.1, -0.05) is 30.3 Å². The fourth-order valence-corrected chi connectivity index (χ4v) is 2.81. The van der Waals surface area contributed by atoms with Crippen LogP contribution in [0.1, 0.15) is 23.6 Å². The molecule has 3 heteroatoms. The first-order valence-electron chi connectivity index (χ1n) is 7.64. The van der Waals surface area contributed by atoms with Crippen LogP contribution in [0.3, 0.4) is 0 Å². The molecule has 0 fully saturated rings. The van der Waals surface area contributed by atoms with E-state index in [1.54, 1.807) is 0 Å². The summed E-state index contributed by atoms with van der Waals surface area (Å²) >= 11 is 0. The number of anilines is 1. The summed E-state index contributed by atoms with van der Waals surface area (Å²) in [7, 11) is 0. The third-order valence-corrected chi connectivity index (χ3v) is 3.79. The number of para-hydroxylation sites is 1. The lowest BCUT2D eigenvalue weighted by Gasteiger charge is -2.11. The summed E-state index contributed by atoms with van der Waals surface area (Å²) in [6.07, 6.45) is 1.14. The molecule has 1 aliphatic rings. The largest absolute Gasteiger partial charge is 0.494 e. The summed E-state index contributed by atoms with van der Waals surface area (Å²) in [6.45, 7) is 5.51. The molecule has 0 unspecified atom stereocenters. The highest BCUT2D eigenvalue weighted by Gasteiger charge is 2.12. The van der Waals surface area contributed by atoms with Crippen LogP contribution in [0.4, 0.5) is 5.69 Å². The lowest BCUT2D eigenvalue weighted by molar-refractivity contribution is 0.340. The van der Waals surface area contributed by atoms with Crippen LogP contribution in [0.5, 0.6) is 5.75 Å². The molecule has 110 valence electrons. The first kappa shape index (κ1) is 14.0. The molecule has 0 saturated carbocycles. The van der Waals surface area contributed by atoms with Crippen molar-refractivity contribution in [3.8, 4) is 5.75 Å². The molecule has 1 aliphatic heterocycles. The van der Waals surface area contributed by atoms with E-state index in [-0.39, 0.29) is 0 Å². The third kappa shape index (κ3) is 3.37. The highest BCUT2D eigenvalue weighted by molar-refractivity contribution is 5.61. The molecular formula is C18H22N2O. The Morgan fingerprint density at radius 2 is 2.05 bits per heavy atom. The summed E-state index contributed by atoms with van der Waals surface area (Å²) in [4.78, 5) is 0. The molecule has 3 nitrogen and oxygen atoms in total. The van der Waals surface area contributed by atoms with Crippen molar-refractivity contribution in [1.29, 1.82) is 0 Å². The number of benzene rings is 2. The van der Waals surface area contributed by atoms with E-state index >= 15 is 0 Å². The Labute approximate surface area is 126 Å². The van der Waals surface area contributed by atoms with Crippen molar-refractivity contribution in [2.24, 2.45) is 0 Å². The van der Waals surface area contributed by atoms with Crippen LogP contribution in [0, 0.1) is 0 Å². The molecule has 2 aromatic carbocycles. The van der Waals surface area contributed by atoms with E-state index in [0.29, 0.717) is 6.61 Å². The molecule has 21 heavy (non-hydrogen) atoms. The first-order valence-corrected chi connectivity index (χ1v) is 7.64. The zero-order valence-corrected chi connectivity index (χ0v) is 12.5. The highest BCUT2D eigenvalue weighted by atomic mass is 16.5. The van der Waals surface area contributed by atoms with Gasteiger partial charge in [-0.3, -0.25) is 0 Å². The van der Waals surface area contributed by atoms with E-state index in [1.165, 1.54) is 22.4 Å². The average molecular weight is 282 g/mol. The second-order valence-corrected chi connectivity index (χ2v) is 5.31. The first-order chi connectivity index (χ1) is 10.4. The van der Waals surface area contributed by atoms with Crippen molar-refractivity contribution >= 4 is 5.69 Å².